The Bertz CT molecular complexity index is 538. The molecule has 0 saturated carbocycles. The molecule has 2 aromatic rings. The predicted octanol–water partition coefficient (Wildman–Crippen LogP) is 3.13. The van der Waals surface area contributed by atoms with Gasteiger partial charge in [0, 0.05) is 9.79 Å². The van der Waals surface area contributed by atoms with Gasteiger partial charge in [0.1, 0.15) is 0 Å². The van der Waals surface area contributed by atoms with Crippen molar-refractivity contribution < 1.29 is 10.2 Å². The molecule has 0 aliphatic carbocycles. The van der Waals surface area contributed by atoms with Crippen LogP contribution in [-0.4, -0.2) is 10.2 Å². The molecule has 0 amide bonds. The minimum atomic E-state index is 0.0313. The first-order valence-corrected chi connectivity index (χ1v) is 6.64. The summed E-state index contributed by atoms with van der Waals surface area (Å²) in [6, 6.07) is 13.7. The summed E-state index contributed by atoms with van der Waals surface area (Å²) in [7, 11) is 0. The average Bonchev–Trinajstić information content (AvgIpc) is 2.41. The lowest BCUT2D eigenvalue weighted by atomic mass is 10.1. The molecule has 0 aliphatic heterocycles. The van der Waals surface area contributed by atoms with E-state index in [4.69, 9.17) is 0 Å². The van der Waals surface area contributed by atoms with Crippen molar-refractivity contribution in [3.8, 4) is 0 Å². The molecule has 0 radical (unpaired) electrons. The van der Waals surface area contributed by atoms with Crippen LogP contribution in [0, 0.1) is 6.92 Å². The molecule has 94 valence electrons. The number of benzene rings is 2. The van der Waals surface area contributed by atoms with Gasteiger partial charge >= 0.3 is 0 Å². The number of aryl methyl sites for hydroxylation is 1. The maximum Gasteiger partial charge on any atom is 0.0692 e. The summed E-state index contributed by atoms with van der Waals surface area (Å²) in [5.74, 6) is 0. The molecule has 18 heavy (non-hydrogen) atoms. The van der Waals surface area contributed by atoms with Crippen LogP contribution in [0.25, 0.3) is 0 Å². The molecule has 0 aliphatic rings. The van der Waals surface area contributed by atoms with E-state index in [-0.39, 0.29) is 13.2 Å². The fourth-order valence-electron chi connectivity index (χ4n) is 1.83. The Morgan fingerprint density at radius 1 is 0.889 bits per heavy atom. The molecule has 0 heterocycles. The van der Waals surface area contributed by atoms with Gasteiger partial charge < -0.3 is 10.2 Å². The molecule has 0 spiro atoms. The van der Waals surface area contributed by atoms with Crippen molar-refractivity contribution in [2.45, 2.75) is 29.9 Å². The average molecular weight is 260 g/mol. The van der Waals surface area contributed by atoms with Gasteiger partial charge in [-0.25, -0.2) is 0 Å². The standard InChI is InChI=1S/C15H16O2S/c1-11-5-4-7-13(10-17)15(11)18-14-8-3-2-6-12(14)9-16/h2-8,16-17H,9-10H2,1H3. The Morgan fingerprint density at radius 3 is 2.28 bits per heavy atom. The molecule has 0 saturated heterocycles. The van der Waals surface area contributed by atoms with E-state index >= 15 is 0 Å². The summed E-state index contributed by atoms with van der Waals surface area (Å²) < 4.78 is 0. The van der Waals surface area contributed by atoms with Gasteiger partial charge in [-0.1, -0.05) is 48.2 Å². The van der Waals surface area contributed by atoms with E-state index in [1.165, 1.54) is 0 Å². The van der Waals surface area contributed by atoms with Gasteiger partial charge in [-0.2, -0.15) is 0 Å². The number of hydrogen-bond donors (Lipinski definition) is 2. The molecule has 0 fully saturated rings. The topological polar surface area (TPSA) is 40.5 Å². The molecule has 3 heteroatoms. The largest absolute Gasteiger partial charge is 0.392 e. The molecule has 0 unspecified atom stereocenters. The van der Waals surface area contributed by atoms with Gasteiger partial charge in [0.2, 0.25) is 0 Å². The van der Waals surface area contributed by atoms with Crippen molar-refractivity contribution in [2.24, 2.45) is 0 Å². The second-order valence-corrected chi connectivity index (χ2v) is 5.14. The second-order valence-electron chi connectivity index (χ2n) is 4.09. The van der Waals surface area contributed by atoms with Crippen LogP contribution in [0.15, 0.2) is 52.3 Å². The minimum Gasteiger partial charge on any atom is -0.392 e. The van der Waals surface area contributed by atoms with Crippen molar-refractivity contribution in [3.05, 3.63) is 59.2 Å². The molecule has 2 nitrogen and oxygen atoms in total. The minimum absolute atomic E-state index is 0.0313. The van der Waals surface area contributed by atoms with E-state index in [2.05, 4.69) is 0 Å². The van der Waals surface area contributed by atoms with Gasteiger partial charge in [-0.3, -0.25) is 0 Å². The van der Waals surface area contributed by atoms with Crippen molar-refractivity contribution in [1.82, 2.24) is 0 Å². The van der Waals surface area contributed by atoms with Crippen molar-refractivity contribution >= 4 is 11.8 Å². The fourth-order valence-corrected chi connectivity index (χ4v) is 2.95. The number of rotatable bonds is 4. The van der Waals surface area contributed by atoms with Crippen molar-refractivity contribution in [3.63, 3.8) is 0 Å². The van der Waals surface area contributed by atoms with Crippen LogP contribution in [0.1, 0.15) is 16.7 Å². The van der Waals surface area contributed by atoms with Crippen LogP contribution in [0.5, 0.6) is 0 Å². The molecule has 0 aromatic heterocycles. The van der Waals surface area contributed by atoms with Crippen LogP contribution >= 0.6 is 11.8 Å². The van der Waals surface area contributed by atoms with E-state index in [0.717, 1.165) is 26.5 Å². The zero-order valence-corrected chi connectivity index (χ0v) is 11.1. The highest BCUT2D eigenvalue weighted by molar-refractivity contribution is 7.99. The highest BCUT2D eigenvalue weighted by Gasteiger charge is 2.09. The summed E-state index contributed by atoms with van der Waals surface area (Å²) in [5.41, 5.74) is 2.97. The van der Waals surface area contributed by atoms with E-state index < -0.39 is 0 Å². The molecule has 2 aromatic carbocycles. The Balaban J connectivity index is 2.39. The van der Waals surface area contributed by atoms with Crippen LogP contribution in [0.4, 0.5) is 0 Å². The third-order valence-electron chi connectivity index (χ3n) is 2.82. The number of aliphatic hydroxyl groups excluding tert-OH is 2. The monoisotopic (exact) mass is 260 g/mol. The summed E-state index contributed by atoms with van der Waals surface area (Å²) in [4.78, 5) is 2.10. The van der Waals surface area contributed by atoms with Gasteiger partial charge in [0.25, 0.3) is 0 Å². The molecular weight excluding hydrogens is 244 g/mol. The highest BCUT2D eigenvalue weighted by atomic mass is 32.2. The van der Waals surface area contributed by atoms with Crippen LogP contribution in [-0.2, 0) is 13.2 Å². The summed E-state index contributed by atoms with van der Waals surface area (Å²) >= 11 is 1.60. The maximum atomic E-state index is 9.38. The van der Waals surface area contributed by atoms with Gasteiger partial charge in [0.05, 0.1) is 13.2 Å². The Kier molecular flexibility index (Phi) is 4.42. The second kappa shape index (κ2) is 6.05. The zero-order chi connectivity index (χ0) is 13.0. The van der Waals surface area contributed by atoms with Crippen LogP contribution in [0.2, 0.25) is 0 Å². The third kappa shape index (κ3) is 2.75. The van der Waals surface area contributed by atoms with Gasteiger partial charge in [0.15, 0.2) is 0 Å². The van der Waals surface area contributed by atoms with Crippen LogP contribution < -0.4 is 0 Å². The summed E-state index contributed by atoms with van der Waals surface area (Å²) in [6.45, 7) is 2.10. The van der Waals surface area contributed by atoms with Gasteiger partial charge in [-0.05, 0) is 29.7 Å². The number of hydrogen-bond acceptors (Lipinski definition) is 3. The molecule has 2 rings (SSSR count). The van der Waals surface area contributed by atoms with E-state index in [1.807, 2.05) is 49.4 Å². The first kappa shape index (κ1) is 13.1. The quantitative estimate of drug-likeness (QED) is 0.887. The Morgan fingerprint density at radius 2 is 1.56 bits per heavy atom. The van der Waals surface area contributed by atoms with Crippen molar-refractivity contribution in [1.29, 1.82) is 0 Å². The van der Waals surface area contributed by atoms with Crippen molar-refractivity contribution in [2.75, 3.05) is 0 Å². The predicted molar refractivity (Wildman–Crippen MR) is 73.6 cm³/mol. The van der Waals surface area contributed by atoms with E-state index in [9.17, 15) is 10.2 Å². The zero-order valence-electron chi connectivity index (χ0n) is 10.3. The van der Waals surface area contributed by atoms with Crippen LogP contribution in [0.3, 0.4) is 0 Å². The third-order valence-corrected chi connectivity index (χ3v) is 4.23. The molecule has 0 atom stereocenters. The van der Waals surface area contributed by atoms with E-state index in [1.54, 1.807) is 11.8 Å². The Hall–Kier alpha value is -1.29. The lowest BCUT2D eigenvalue weighted by Gasteiger charge is -2.12. The smallest absolute Gasteiger partial charge is 0.0692 e. The fraction of sp³-hybridized carbons (Fsp3) is 0.200. The SMILES string of the molecule is Cc1cccc(CO)c1Sc1ccccc1CO. The Labute approximate surface area is 111 Å². The molecular formula is C15H16O2S. The summed E-state index contributed by atoms with van der Waals surface area (Å²) in [6.07, 6.45) is 0. The number of aliphatic hydroxyl groups is 2. The first-order valence-electron chi connectivity index (χ1n) is 5.82. The summed E-state index contributed by atoms with van der Waals surface area (Å²) in [5, 5.41) is 18.7. The normalized spacial score (nSPS) is 10.6. The van der Waals surface area contributed by atoms with E-state index in [0.29, 0.717) is 0 Å². The van der Waals surface area contributed by atoms with Gasteiger partial charge in [-0.15, -0.1) is 0 Å². The molecule has 0 bridgehead atoms. The maximum absolute atomic E-state index is 9.38. The highest BCUT2D eigenvalue weighted by Crippen LogP contribution is 2.35. The lowest BCUT2D eigenvalue weighted by molar-refractivity contribution is 0.278. The first-order chi connectivity index (χ1) is 8.76. The lowest BCUT2D eigenvalue weighted by Crippen LogP contribution is -1.92. The molecule has 2 N–H and O–H groups in total.